The van der Waals surface area contributed by atoms with Crippen molar-refractivity contribution in [2.75, 3.05) is 38.7 Å². The van der Waals surface area contributed by atoms with Gasteiger partial charge in [-0.1, -0.05) is 0 Å². The maximum Gasteiger partial charge on any atom is 0.227 e. The first-order valence-corrected chi connectivity index (χ1v) is 8.59. The van der Waals surface area contributed by atoms with Crippen LogP contribution in [0.15, 0.2) is 4.99 Å². The van der Waals surface area contributed by atoms with Crippen LogP contribution in [-0.2, 0) is 4.79 Å². The van der Waals surface area contributed by atoms with Crippen molar-refractivity contribution in [3.8, 4) is 0 Å². The van der Waals surface area contributed by atoms with Crippen LogP contribution in [0.1, 0.15) is 33.6 Å². The van der Waals surface area contributed by atoms with Gasteiger partial charge in [0.15, 0.2) is 5.96 Å². The smallest absolute Gasteiger partial charge is 0.227 e. The van der Waals surface area contributed by atoms with Crippen LogP contribution in [-0.4, -0.2) is 50.6 Å². The third kappa shape index (κ3) is 8.30. The van der Waals surface area contributed by atoms with Crippen molar-refractivity contribution < 1.29 is 4.79 Å². The van der Waals surface area contributed by atoms with Crippen molar-refractivity contribution in [3.63, 3.8) is 0 Å². The molecule has 0 aliphatic rings. The van der Waals surface area contributed by atoms with Gasteiger partial charge in [-0.15, -0.1) is 0 Å². The maximum atomic E-state index is 11.9. The molecule has 0 saturated heterocycles. The molecule has 0 aromatic rings. The van der Waals surface area contributed by atoms with Crippen LogP contribution in [0.2, 0.25) is 0 Å². The number of rotatable bonds is 9. The molecule has 0 aliphatic heterocycles. The average Bonchev–Trinajstić information content (AvgIpc) is 2.42. The fourth-order valence-corrected chi connectivity index (χ4v) is 2.08. The zero-order valence-electron chi connectivity index (χ0n) is 13.5. The fraction of sp³-hybridized carbons (Fsp3) is 0.857. The van der Waals surface area contributed by atoms with Gasteiger partial charge in [-0.05, 0) is 45.6 Å². The Morgan fingerprint density at radius 2 is 1.90 bits per heavy atom. The van der Waals surface area contributed by atoms with E-state index < -0.39 is 5.41 Å². The molecule has 5 nitrogen and oxygen atoms in total. The first-order valence-electron chi connectivity index (χ1n) is 7.19. The van der Waals surface area contributed by atoms with Gasteiger partial charge in [-0.2, -0.15) is 11.8 Å². The highest BCUT2D eigenvalue weighted by atomic mass is 32.2. The molecule has 0 radical (unpaired) electrons. The molecule has 0 spiro atoms. The number of nitrogens with one attached hydrogen (secondary N) is 3. The standard InChI is InChI=1S/C14H30N4OS/c1-6-16-12(19)14(2,3)11-18-13(15-4)17-9-7-8-10-20-5/h6-11H2,1-5H3,(H,16,19)(H2,15,17,18). The van der Waals surface area contributed by atoms with E-state index in [1.54, 1.807) is 7.05 Å². The van der Waals surface area contributed by atoms with Crippen LogP contribution >= 0.6 is 11.8 Å². The van der Waals surface area contributed by atoms with Crippen LogP contribution in [0.25, 0.3) is 0 Å². The highest BCUT2D eigenvalue weighted by Crippen LogP contribution is 2.13. The van der Waals surface area contributed by atoms with E-state index in [0.29, 0.717) is 13.1 Å². The summed E-state index contributed by atoms with van der Waals surface area (Å²) < 4.78 is 0. The highest BCUT2D eigenvalue weighted by molar-refractivity contribution is 7.98. The molecule has 0 bridgehead atoms. The lowest BCUT2D eigenvalue weighted by molar-refractivity contribution is -0.128. The van der Waals surface area contributed by atoms with Gasteiger partial charge in [0, 0.05) is 26.7 Å². The van der Waals surface area contributed by atoms with Crippen molar-refractivity contribution >= 4 is 23.6 Å². The number of unbranched alkanes of at least 4 members (excludes halogenated alkanes) is 1. The Morgan fingerprint density at radius 1 is 1.20 bits per heavy atom. The first-order chi connectivity index (χ1) is 9.47. The number of carbonyl (C=O) groups is 1. The van der Waals surface area contributed by atoms with E-state index in [9.17, 15) is 4.79 Å². The zero-order valence-corrected chi connectivity index (χ0v) is 14.3. The summed E-state index contributed by atoms with van der Waals surface area (Å²) >= 11 is 1.87. The molecule has 0 aromatic heterocycles. The number of hydrogen-bond acceptors (Lipinski definition) is 3. The lowest BCUT2D eigenvalue weighted by atomic mass is 9.92. The summed E-state index contributed by atoms with van der Waals surface area (Å²) in [5, 5.41) is 9.33. The van der Waals surface area contributed by atoms with Gasteiger partial charge in [0.2, 0.25) is 5.91 Å². The predicted molar refractivity (Wildman–Crippen MR) is 89.4 cm³/mol. The lowest BCUT2D eigenvalue weighted by Crippen LogP contribution is -2.48. The number of hydrogen-bond donors (Lipinski definition) is 3. The van der Waals surface area contributed by atoms with E-state index in [1.807, 2.05) is 32.5 Å². The summed E-state index contributed by atoms with van der Waals surface area (Å²) in [5.74, 6) is 2.01. The molecular weight excluding hydrogens is 272 g/mol. The second-order valence-electron chi connectivity index (χ2n) is 5.30. The van der Waals surface area contributed by atoms with Gasteiger partial charge in [-0.25, -0.2) is 0 Å². The second-order valence-corrected chi connectivity index (χ2v) is 6.28. The third-order valence-electron chi connectivity index (χ3n) is 2.94. The van der Waals surface area contributed by atoms with Gasteiger partial charge in [0.1, 0.15) is 0 Å². The Balaban J connectivity index is 4.03. The number of thioether (sulfide) groups is 1. The topological polar surface area (TPSA) is 65.5 Å². The molecule has 0 aliphatic carbocycles. The third-order valence-corrected chi connectivity index (χ3v) is 3.64. The minimum absolute atomic E-state index is 0.0583. The molecular formula is C14H30N4OS. The van der Waals surface area contributed by atoms with Crippen LogP contribution in [0, 0.1) is 5.41 Å². The summed E-state index contributed by atoms with van der Waals surface area (Å²) in [7, 11) is 1.75. The number of carbonyl (C=O) groups excluding carboxylic acids is 1. The highest BCUT2D eigenvalue weighted by Gasteiger charge is 2.27. The molecule has 0 atom stereocenters. The van der Waals surface area contributed by atoms with Gasteiger partial charge in [-0.3, -0.25) is 9.79 Å². The Labute approximate surface area is 127 Å². The van der Waals surface area contributed by atoms with Gasteiger partial charge < -0.3 is 16.0 Å². The zero-order chi connectivity index (χ0) is 15.4. The number of guanidine groups is 1. The largest absolute Gasteiger partial charge is 0.356 e. The van der Waals surface area contributed by atoms with Gasteiger partial charge in [0.05, 0.1) is 5.41 Å². The number of amides is 1. The predicted octanol–water partition coefficient (Wildman–Crippen LogP) is 1.46. The number of nitrogens with zero attached hydrogens (tertiary/aromatic N) is 1. The maximum absolute atomic E-state index is 11.9. The molecule has 0 heterocycles. The summed E-state index contributed by atoms with van der Waals surface area (Å²) in [5.41, 5.74) is -0.452. The van der Waals surface area contributed by atoms with E-state index in [1.165, 1.54) is 12.2 Å². The van der Waals surface area contributed by atoms with Crippen molar-refractivity contribution in [2.45, 2.75) is 33.6 Å². The Morgan fingerprint density at radius 3 is 2.45 bits per heavy atom. The molecule has 1 amide bonds. The summed E-state index contributed by atoms with van der Waals surface area (Å²) in [6.45, 7) is 7.90. The quantitative estimate of drug-likeness (QED) is 0.343. The molecule has 0 rings (SSSR count). The SMILES string of the molecule is CCNC(=O)C(C)(C)CNC(=NC)NCCCCSC. The Bertz CT molecular complexity index is 306. The number of aliphatic imine (C=N–C) groups is 1. The van der Waals surface area contributed by atoms with Crippen LogP contribution in [0.4, 0.5) is 0 Å². The molecule has 3 N–H and O–H groups in total. The van der Waals surface area contributed by atoms with Crippen molar-refractivity contribution in [3.05, 3.63) is 0 Å². The van der Waals surface area contributed by atoms with Crippen molar-refractivity contribution in [1.29, 1.82) is 0 Å². The summed E-state index contributed by atoms with van der Waals surface area (Å²) in [6, 6.07) is 0. The minimum Gasteiger partial charge on any atom is -0.356 e. The molecule has 0 aromatic carbocycles. The molecule has 20 heavy (non-hydrogen) atoms. The van der Waals surface area contributed by atoms with Crippen LogP contribution < -0.4 is 16.0 Å². The van der Waals surface area contributed by atoms with E-state index in [4.69, 9.17) is 0 Å². The molecule has 0 fully saturated rings. The van der Waals surface area contributed by atoms with Gasteiger partial charge in [0.25, 0.3) is 0 Å². The molecule has 0 saturated carbocycles. The fourth-order valence-electron chi connectivity index (χ4n) is 1.58. The summed E-state index contributed by atoms with van der Waals surface area (Å²) in [6.07, 6.45) is 4.45. The van der Waals surface area contributed by atoms with Crippen LogP contribution in [0.3, 0.4) is 0 Å². The molecule has 118 valence electrons. The minimum atomic E-state index is -0.452. The first kappa shape index (κ1) is 19.1. The molecule has 6 heteroatoms. The molecule has 0 unspecified atom stereocenters. The van der Waals surface area contributed by atoms with E-state index in [-0.39, 0.29) is 5.91 Å². The average molecular weight is 302 g/mol. The van der Waals surface area contributed by atoms with Gasteiger partial charge >= 0.3 is 0 Å². The van der Waals surface area contributed by atoms with Crippen molar-refractivity contribution in [1.82, 2.24) is 16.0 Å². The van der Waals surface area contributed by atoms with E-state index in [0.717, 1.165) is 18.9 Å². The Hall–Kier alpha value is -0.910. The Kier molecular flexibility index (Phi) is 10.3. The lowest BCUT2D eigenvalue weighted by Gasteiger charge is -2.24. The summed E-state index contributed by atoms with van der Waals surface area (Å²) in [4.78, 5) is 16.1. The monoisotopic (exact) mass is 302 g/mol. The van der Waals surface area contributed by atoms with E-state index >= 15 is 0 Å². The second kappa shape index (κ2) is 10.8. The van der Waals surface area contributed by atoms with Crippen molar-refractivity contribution in [2.24, 2.45) is 10.4 Å². The normalized spacial score (nSPS) is 12.2. The van der Waals surface area contributed by atoms with Crippen LogP contribution in [0.5, 0.6) is 0 Å². The van der Waals surface area contributed by atoms with E-state index in [2.05, 4.69) is 27.2 Å².